The summed E-state index contributed by atoms with van der Waals surface area (Å²) in [5.41, 5.74) is 5.09. The van der Waals surface area contributed by atoms with Crippen LogP contribution in [0.3, 0.4) is 0 Å². The van der Waals surface area contributed by atoms with Gasteiger partial charge in [0.1, 0.15) is 11.7 Å². The van der Waals surface area contributed by atoms with Gasteiger partial charge in [-0.25, -0.2) is 0 Å². The van der Waals surface area contributed by atoms with Crippen LogP contribution in [0.2, 0.25) is 0 Å². The molecule has 0 atom stereocenters. The summed E-state index contributed by atoms with van der Waals surface area (Å²) in [7, 11) is 2.20. The Morgan fingerprint density at radius 3 is 2.28 bits per heavy atom. The number of aryl methyl sites for hydroxylation is 1. The van der Waals surface area contributed by atoms with Gasteiger partial charge in [0, 0.05) is 22.9 Å². The quantitative estimate of drug-likeness (QED) is 0.201. The smallest absolute Gasteiger partial charge is 0.263 e. The van der Waals surface area contributed by atoms with Crippen molar-refractivity contribution in [3.8, 4) is 0 Å². The molecule has 7 rings (SSSR count). The van der Waals surface area contributed by atoms with Gasteiger partial charge in [-0.05, 0) is 52.6 Å². The second-order valence-electron chi connectivity index (χ2n) is 9.97. The van der Waals surface area contributed by atoms with Crippen LogP contribution < -0.4 is 9.47 Å². The maximum Gasteiger partial charge on any atom is 0.263 e. The van der Waals surface area contributed by atoms with Crippen molar-refractivity contribution in [3.63, 3.8) is 0 Å². The zero-order valence-corrected chi connectivity index (χ0v) is 23.7. The first kappa shape index (κ1) is 24.2. The summed E-state index contributed by atoms with van der Waals surface area (Å²) in [6.45, 7) is 3.26. The molecular formula is C35H29N2S2+. The number of aromatic nitrogens is 1. The van der Waals surface area contributed by atoms with E-state index in [2.05, 4.69) is 139 Å². The van der Waals surface area contributed by atoms with E-state index >= 15 is 0 Å². The van der Waals surface area contributed by atoms with Crippen LogP contribution in [-0.2, 0) is 7.05 Å². The van der Waals surface area contributed by atoms with E-state index in [9.17, 15) is 0 Å². The number of thiazole rings is 1. The Bertz CT molecular complexity index is 1910. The van der Waals surface area contributed by atoms with Gasteiger partial charge in [-0.2, -0.15) is 4.57 Å². The molecule has 1 aliphatic heterocycles. The van der Waals surface area contributed by atoms with E-state index in [4.69, 9.17) is 0 Å². The Balaban J connectivity index is 1.40. The fourth-order valence-electron chi connectivity index (χ4n) is 5.61. The molecule has 0 saturated carbocycles. The van der Waals surface area contributed by atoms with Crippen LogP contribution in [0.4, 0.5) is 5.69 Å². The first-order valence-corrected chi connectivity index (χ1v) is 15.1. The van der Waals surface area contributed by atoms with E-state index in [1.807, 2.05) is 23.1 Å². The molecule has 0 amide bonds. The molecule has 2 heterocycles. The number of nitrogens with zero attached hydrogens (tertiary/aromatic N) is 2. The SMILES string of the molecule is CCCN1C(=CC(=Cc2sc3ccc4ccccc4c3[n+]2C)c2ccccc2)Sc2ccc3ccccc3c21. The summed E-state index contributed by atoms with van der Waals surface area (Å²) in [5, 5.41) is 7.73. The van der Waals surface area contributed by atoms with Crippen LogP contribution in [0, 0.1) is 0 Å². The van der Waals surface area contributed by atoms with Crippen molar-refractivity contribution >= 4 is 72.2 Å². The third-order valence-electron chi connectivity index (χ3n) is 7.47. The Kier molecular flexibility index (Phi) is 6.22. The van der Waals surface area contributed by atoms with Crippen molar-refractivity contribution in [2.24, 2.45) is 7.05 Å². The average Bonchev–Trinajstić information content (AvgIpc) is 3.50. The molecule has 39 heavy (non-hydrogen) atoms. The first-order chi connectivity index (χ1) is 19.2. The van der Waals surface area contributed by atoms with Gasteiger partial charge in [0.15, 0.2) is 0 Å². The zero-order chi connectivity index (χ0) is 26.3. The van der Waals surface area contributed by atoms with E-state index in [0.29, 0.717) is 0 Å². The lowest BCUT2D eigenvalue weighted by atomic mass is 10.0. The highest BCUT2D eigenvalue weighted by molar-refractivity contribution is 8.03. The normalized spacial score (nSPS) is 14.7. The zero-order valence-electron chi connectivity index (χ0n) is 22.1. The lowest BCUT2D eigenvalue weighted by Gasteiger charge is -2.21. The van der Waals surface area contributed by atoms with Crippen molar-refractivity contribution in [1.82, 2.24) is 0 Å². The molecule has 1 aromatic heterocycles. The molecule has 0 bridgehead atoms. The molecule has 0 aliphatic carbocycles. The molecule has 0 N–H and O–H groups in total. The molecule has 0 saturated heterocycles. The van der Waals surface area contributed by atoms with Crippen molar-refractivity contribution in [2.45, 2.75) is 18.2 Å². The van der Waals surface area contributed by atoms with Gasteiger partial charge in [0.05, 0.1) is 16.1 Å². The number of benzene rings is 5. The fourth-order valence-corrected chi connectivity index (χ4v) is 7.89. The number of allylic oxidation sites excluding steroid dienone is 2. The molecule has 0 unspecified atom stereocenters. The number of fused-ring (bicyclic) bond motifs is 6. The van der Waals surface area contributed by atoms with Crippen molar-refractivity contribution < 1.29 is 4.57 Å². The topological polar surface area (TPSA) is 7.12 Å². The number of anilines is 1. The van der Waals surface area contributed by atoms with Crippen molar-refractivity contribution in [1.29, 1.82) is 0 Å². The lowest BCUT2D eigenvalue weighted by Crippen LogP contribution is -2.29. The van der Waals surface area contributed by atoms with Crippen LogP contribution >= 0.6 is 23.1 Å². The molecule has 2 nitrogen and oxygen atoms in total. The van der Waals surface area contributed by atoms with Gasteiger partial charge < -0.3 is 4.90 Å². The third-order valence-corrected chi connectivity index (χ3v) is 9.72. The standard InChI is InChI=1S/C35H29N2S2/c1-3-21-37-33(39-31-20-18-26-14-8-10-16-29(26)35(31)37)23-27(24-11-5-4-6-12-24)22-32-36(2)34-28-15-9-7-13-25(28)17-19-30(34)38-32/h4-20,22-23H,3,21H2,1-2H3/q+1. The molecule has 5 aromatic carbocycles. The molecule has 1 aliphatic rings. The summed E-state index contributed by atoms with van der Waals surface area (Å²) < 4.78 is 3.67. The van der Waals surface area contributed by atoms with Crippen LogP contribution in [0.15, 0.2) is 119 Å². The second-order valence-corrected chi connectivity index (χ2v) is 12.1. The molecular weight excluding hydrogens is 513 g/mol. The predicted molar refractivity (Wildman–Crippen MR) is 170 cm³/mol. The van der Waals surface area contributed by atoms with Gasteiger partial charge in [-0.15, -0.1) is 0 Å². The minimum Gasteiger partial charge on any atom is -0.335 e. The largest absolute Gasteiger partial charge is 0.335 e. The monoisotopic (exact) mass is 541 g/mol. The van der Waals surface area contributed by atoms with Gasteiger partial charge in [-0.3, -0.25) is 0 Å². The number of hydrogen-bond donors (Lipinski definition) is 0. The molecule has 6 aromatic rings. The highest BCUT2D eigenvalue weighted by Gasteiger charge is 2.27. The number of rotatable bonds is 5. The minimum absolute atomic E-state index is 0.991. The second kappa shape index (κ2) is 10.0. The Labute approximate surface area is 237 Å². The van der Waals surface area contributed by atoms with E-state index in [1.165, 1.54) is 63.5 Å². The van der Waals surface area contributed by atoms with Crippen LogP contribution in [0.25, 0.3) is 43.4 Å². The average molecular weight is 542 g/mol. The highest BCUT2D eigenvalue weighted by Crippen LogP contribution is 2.50. The van der Waals surface area contributed by atoms with Crippen LogP contribution in [-0.4, -0.2) is 6.54 Å². The molecule has 0 fully saturated rings. The molecule has 0 spiro atoms. The van der Waals surface area contributed by atoms with E-state index in [0.717, 1.165) is 13.0 Å². The Hall–Kier alpha value is -3.86. The maximum absolute atomic E-state index is 2.53. The summed E-state index contributed by atoms with van der Waals surface area (Å²) >= 11 is 3.74. The summed E-state index contributed by atoms with van der Waals surface area (Å²) in [4.78, 5) is 3.86. The van der Waals surface area contributed by atoms with Crippen LogP contribution in [0.1, 0.15) is 23.9 Å². The Morgan fingerprint density at radius 1 is 0.795 bits per heavy atom. The first-order valence-electron chi connectivity index (χ1n) is 13.5. The summed E-state index contributed by atoms with van der Waals surface area (Å²) in [6.07, 6.45) is 5.85. The van der Waals surface area contributed by atoms with E-state index in [-0.39, 0.29) is 0 Å². The van der Waals surface area contributed by atoms with Crippen molar-refractivity contribution in [3.05, 3.63) is 125 Å². The van der Waals surface area contributed by atoms with Gasteiger partial charge >= 0.3 is 0 Å². The highest BCUT2D eigenvalue weighted by atomic mass is 32.2. The number of thioether (sulfide) groups is 1. The van der Waals surface area contributed by atoms with Gasteiger partial charge in [0.2, 0.25) is 5.52 Å². The van der Waals surface area contributed by atoms with Crippen LogP contribution in [0.5, 0.6) is 0 Å². The molecule has 0 radical (unpaired) electrons. The third kappa shape index (κ3) is 4.25. The summed E-state index contributed by atoms with van der Waals surface area (Å²) in [5.74, 6) is 0. The van der Waals surface area contributed by atoms with E-state index < -0.39 is 0 Å². The number of hydrogen-bond acceptors (Lipinski definition) is 3. The van der Waals surface area contributed by atoms with Gasteiger partial charge in [0.25, 0.3) is 5.01 Å². The van der Waals surface area contributed by atoms with Gasteiger partial charge in [-0.1, -0.05) is 115 Å². The minimum atomic E-state index is 0.991. The molecule has 4 heteroatoms. The van der Waals surface area contributed by atoms with Crippen molar-refractivity contribution in [2.75, 3.05) is 11.4 Å². The van der Waals surface area contributed by atoms with E-state index in [1.54, 1.807) is 0 Å². The lowest BCUT2D eigenvalue weighted by molar-refractivity contribution is -0.641. The molecule has 190 valence electrons. The fraction of sp³-hybridized carbons (Fsp3) is 0.114. The Morgan fingerprint density at radius 2 is 1.49 bits per heavy atom. The predicted octanol–water partition coefficient (Wildman–Crippen LogP) is 9.44. The maximum atomic E-state index is 2.53. The summed E-state index contributed by atoms with van der Waals surface area (Å²) in [6, 6.07) is 37.3.